The minimum Gasteiger partial charge on any atom is -0.366 e. The zero-order valence-electron chi connectivity index (χ0n) is 10.9. The Hall–Kier alpha value is -1.96. The van der Waals surface area contributed by atoms with Crippen LogP contribution in [0.25, 0.3) is 0 Å². The molecule has 0 amide bonds. The lowest BCUT2D eigenvalue weighted by atomic mass is 10.1. The highest BCUT2D eigenvalue weighted by atomic mass is 32.2. The fraction of sp³-hybridized carbons (Fsp3) is 0.417. The molecule has 0 saturated carbocycles. The van der Waals surface area contributed by atoms with E-state index in [9.17, 15) is 23.3 Å². The summed E-state index contributed by atoms with van der Waals surface area (Å²) in [5.74, 6) is 0.0366. The molecule has 0 spiro atoms. The van der Waals surface area contributed by atoms with Crippen molar-refractivity contribution < 1.29 is 18.1 Å². The molecule has 0 bridgehead atoms. The minimum absolute atomic E-state index is 0.0162. The topological polar surface area (TPSA) is 97.6 Å². The van der Waals surface area contributed by atoms with Gasteiger partial charge in [0.1, 0.15) is 0 Å². The third-order valence-electron chi connectivity index (χ3n) is 3.33. The average Bonchev–Trinajstić information content (AvgIpc) is 2.37. The van der Waals surface area contributed by atoms with Crippen molar-refractivity contribution in [1.82, 2.24) is 0 Å². The van der Waals surface area contributed by atoms with Gasteiger partial charge in [-0.05, 0) is 13.0 Å². The van der Waals surface area contributed by atoms with Crippen molar-refractivity contribution in [2.45, 2.75) is 13.0 Å². The molecule has 7 nitrogen and oxygen atoms in total. The predicted octanol–water partition coefficient (Wildman–Crippen LogP) is 1.03. The molecule has 20 heavy (non-hydrogen) atoms. The highest BCUT2D eigenvalue weighted by Crippen LogP contribution is 2.27. The van der Waals surface area contributed by atoms with E-state index in [4.69, 9.17) is 0 Å². The van der Waals surface area contributed by atoms with Gasteiger partial charge in [0.2, 0.25) is 0 Å². The first-order chi connectivity index (χ1) is 9.34. The van der Waals surface area contributed by atoms with E-state index < -0.39 is 14.8 Å². The standard InChI is InChI=1S/C12H14N2O5S/c1-9-8-20(18,19)5-4-13(9)12-3-2-11(14(16)17)6-10(12)7-15/h2-3,6-7,9H,4-5,8H2,1H3. The smallest absolute Gasteiger partial charge is 0.270 e. The van der Waals surface area contributed by atoms with Crippen LogP contribution in [0.5, 0.6) is 0 Å². The Morgan fingerprint density at radius 1 is 1.45 bits per heavy atom. The molecule has 1 atom stereocenters. The molecule has 8 heteroatoms. The van der Waals surface area contributed by atoms with Crippen LogP contribution in [0.4, 0.5) is 11.4 Å². The van der Waals surface area contributed by atoms with Gasteiger partial charge in [-0.3, -0.25) is 14.9 Å². The Bertz CT molecular complexity index is 656. The van der Waals surface area contributed by atoms with Crippen molar-refractivity contribution >= 4 is 27.5 Å². The molecule has 1 aliphatic heterocycles. The lowest BCUT2D eigenvalue weighted by Gasteiger charge is -2.35. The summed E-state index contributed by atoms with van der Waals surface area (Å²) < 4.78 is 23.1. The van der Waals surface area contributed by atoms with E-state index in [1.54, 1.807) is 11.8 Å². The molecule has 0 radical (unpaired) electrons. The summed E-state index contributed by atoms with van der Waals surface area (Å²) in [5.41, 5.74) is 0.575. The first kappa shape index (κ1) is 14.4. The number of non-ortho nitro benzene ring substituents is 1. The molecule has 1 heterocycles. The number of carbonyl (C=O) groups is 1. The van der Waals surface area contributed by atoms with Crippen LogP contribution >= 0.6 is 0 Å². The monoisotopic (exact) mass is 298 g/mol. The van der Waals surface area contributed by atoms with Gasteiger partial charge in [0.05, 0.1) is 16.4 Å². The van der Waals surface area contributed by atoms with Crippen LogP contribution in [0.1, 0.15) is 17.3 Å². The van der Waals surface area contributed by atoms with Crippen LogP contribution in [-0.4, -0.2) is 43.7 Å². The second kappa shape index (κ2) is 5.20. The van der Waals surface area contributed by atoms with E-state index in [1.165, 1.54) is 18.2 Å². The largest absolute Gasteiger partial charge is 0.366 e. The zero-order chi connectivity index (χ0) is 14.9. The van der Waals surface area contributed by atoms with Crippen molar-refractivity contribution in [2.24, 2.45) is 0 Å². The Morgan fingerprint density at radius 2 is 2.15 bits per heavy atom. The fourth-order valence-corrected chi connectivity index (χ4v) is 3.92. The SMILES string of the molecule is CC1CS(=O)(=O)CCN1c1ccc([N+](=O)[O-])cc1C=O. The number of nitro benzene ring substituents is 1. The van der Waals surface area contributed by atoms with Crippen LogP contribution in [-0.2, 0) is 9.84 Å². The van der Waals surface area contributed by atoms with Crippen molar-refractivity contribution in [1.29, 1.82) is 0 Å². The first-order valence-corrected chi connectivity index (χ1v) is 7.87. The summed E-state index contributed by atoms with van der Waals surface area (Å²) >= 11 is 0. The Kier molecular flexibility index (Phi) is 3.76. The van der Waals surface area contributed by atoms with Crippen molar-refractivity contribution in [2.75, 3.05) is 23.0 Å². The van der Waals surface area contributed by atoms with Crippen molar-refractivity contribution in [3.8, 4) is 0 Å². The van der Waals surface area contributed by atoms with Gasteiger partial charge in [0.25, 0.3) is 5.69 Å². The maximum absolute atomic E-state index is 11.6. The minimum atomic E-state index is -3.05. The van der Waals surface area contributed by atoms with Gasteiger partial charge in [0.15, 0.2) is 16.1 Å². The number of hydrogen-bond donors (Lipinski definition) is 0. The summed E-state index contributed by atoms with van der Waals surface area (Å²) in [4.78, 5) is 23.0. The molecule has 1 unspecified atom stereocenters. The first-order valence-electron chi connectivity index (χ1n) is 6.05. The quantitative estimate of drug-likeness (QED) is 0.469. The van der Waals surface area contributed by atoms with Gasteiger partial charge in [-0.25, -0.2) is 8.42 Å². The highest BCUT2D eigenvalue weighted by Gasteiger charge is 2.29. The molecular formula is C12H14N2O5S. The van der Waals surface area contributed by atoms with Gasteiger partial charge in [-0.2, -0.15) is 0 Å². The second-order valence-corrected chi connectivity index (χ2v) is 7.00. The molecule has 1 saturated heterocycles. The lowest BCUT2D eigenvalue weighted by Crippen LogP contribution is -2.47. The van der Waals surface area contributed by atoms with E-state index in [2.05, 4.69) is 0 Å². The van der Waals surface area contributed by atoms with Gasteiger partial charge < -0.3 is 4.90 Å². The van der Waals surface area contributed by atoms with Crippen molar-refractivity contribution in [3.05, 3.63) is 33.9 Å². The number of anilines is 1. The lowest BCUT2D eigenvalue weighted by molar-refractivity contribution is -0.384. The second-order valence-electron chi connectivity index (χ2n) is 4.77. The van der Waals surface area contributed by atoms with E-state index in [-0.39, 0.29) is 35.3 Å². The number of sulfone groups is 1. The van der Waals surface area contributed by atoms with E-state index in [0.717, 1.165) is 0 Å². The molecule has 0 aliphatic carbocycles. The van der Waals surface area contributed by atoms with Gasteiger partial charge in [-0.1, -0.05) is 0 Å². The number of nitrogens with zero attached hydrogens (tertiary/aromatic N) is 2. The van der Waals surface area contributed by atoms with Crippen LogP contribution in [0, 0.1) is 10.1 Å². The highest BCUT2D eigenvalue weighted by molar-refractivity contribution is 7.91. The summed E-state index contributed by atoms with van der Waals surface area (Å²) in [7, 11) is -3.05. The fourth-order valence-electron chi connectivity index (χ4n) is 2.37. The maximum atomic E-state index is 11.6. The summed E-state index contributed by atoms with van der Waals surface area (Å²) in [5, 5.41) is 10.7. The third-order valence-corrected chi connectivity index (χ3v) is 5.12. The normalized spacial score (nSPS) is 21.4. The molecular weight excluding hydrogens is 284 g/mol. The number of aldehydes is 1. The van der Waals surface area contributed by atoms with Crippen LogP contribution in [0.2, 0.25) is 0 Å². The molecule has 108 valence electrons. The predicted molar refractivity (Wildman–Crippen MR) is 73.9 cm³/mol. The van der Waals surface area contributed by atoms with Crippen LogP contribution in [0.3, 0.4) is 0 Å². The van der Waals surface area contributed by atoms with E-state index in [1.807, 2.05) is 0 Å². The summed E-state index contributed by atoms with van der Waals surface area (Å²) in [6, 6.07) is 3.75. The Balaban J connectivity index is 2.38. The van der Waals surface area contributed by atoms with E-state index in [0.29, 0.717) is 12.0 Å². The number of carbonyl (C=O) groups excluding carboxylic acids is 1. The van der Waals surface area contributed by atoms with Crippen LogP contribution < -0.4 is 4.90 Å². The maximum Gasteiger partial charge on any atom is 0.270 e. The summed E-state index contributed by atoms with van der Waals surface area (Å²) in [6.45, 7) is 2.04. The molecule has 1 fully saturated rings. The third kappa shape index (κ3) is 2.79. The van der Waals surface area contributed by atoms with Crippen LogP contribution in [0.15, 0.2) is 18.2 Å². The molecule has 0 N–H and O–H groups in total. The number of nitro groups is 1. The number of hydrogen-bond acceptors (Lipinski definition) is 6. The van der Waals surface area contributed by atoms with Crippen molar-refractivity contribution in [3.63, 3.8) is 0 Å². The van der Waals surface area contributed by atoms with E-state index >= 15 is 0 Å². The Morgan fingerprint density at radius 3 is 2.70 bits per heavy atom. The molecule has 1 aromatic rings. The molecule has 1 aromatic carbocycles. The molecule has 1 aliphatic rings. The number of benzene rings is 1. The van der Waals surface area contributed by atoms with Gasteiger partial charge in [0, 0.05) is 36.0 Å². The molecule has 0 aromatic heterocycles. The zero-order valence-corrected chi connectivity index (χ0v) is 11.7. The summed E-state index contributed by atoms with van der Waals surface area (Å²) in [6.07, 6.45) is 0.554. The van der Waals surface area contributed by atoms with Gasteiger partial charge in [-0.15, -0.1) is 0 Å². The average molecular weight is 298 g/mol. The number of rotatable bonds is 3. The van der Waals surface area contributed by atoms with Gasteiger partial charge >= 0.3 is 0 Å². The Labute approximate surface area is 116 Å². The molecule has 2 rings (SSSR count).